The summed E-state index contributed by atoms with van der Waals surface area (Å²) in [4.78, 5) is 0. The molecule has 2 aromatic carbocycles. The van der Waals surface area contributed by atoms with Gasteiger partial charge in [-0.3, -0.25) is 0 Å². The Kier molecular flexibility index (Phi) is 9.00. The second-order valence-electron chi connectivity index (χ2n) is 4.72. The van der Waals surface area contributed by atoms with Crippen molar-refractivity contribution < 1.29 is 0 Å². The number of nitrogens with zero attached hydrogens (tertiary/aromatic N) is 1. The lowest BCUT2D eigenvalue weighted by Gasteiger charge is -2.00. The van der Waals surface area contributed by atoms with E-state index in [-0.39, 0.29) is 0 Å². The predicted octanol–water partition coefficient (Wildman–Crippen LogP) is 6.06. The molecule has 23 heavy (non-hydrogen) atoms. The van der Waals surface area contributed by atoms with Gasteiger partial charge in [-0.15, -0.1) is 6.58 Å². The van der Waals surface area contributed by atoms with Crippen LogP contribution in [0.4, 0.5) is 0 Å². The lowest BCUT2D eigenvalue weighted by molar-refractivity contribution is 1.41. The van der Waals surface area contributed by atoms with Crippen LogP contribution in [0.3, 0.4) is 0 Å². The SMILES string of the molecule is C=CCC(=C)c1ccccc1.N#CC=CC=Cc1ccccc1. The van der Waals surface area contributed by atoms with Crippen LogP contribution in [0.5, 0.6) is 0 Å². The first-order valence-electron chi connectivity index (χ1n) is 7.40. The molecule has 0 unspecified atom stereocenters. The van der Waals surface area contributed by atoms with E-state index in [2.05, 4.69) is 25.3 Å². The van der Waals surface area contributed by atoms with E-state index in [0.717, 1.165) is 17.6 Å². The van der Waals surface area contributed by atoms with E-state index in [1.54, 1.807) is 6.08 Å². The third kappa shape index (κ3) is 8.04. The summed E-state index contributed by atoms with van der Waals surface area (Å²) in [6.45, 7) is 7.61. The van der Waals surface area contributed by atoms with Gasteiger partial charge in [0, 0.05) is 6.08 Å². The summed E-state index contributed by atoms with van der Waals surface area (Å²) in [5, 5.41) is 8.19. The molecule has 0 aliphatic rings. The molecule has 1 heteroatoms. The van der Waals surface area contributed by atoms with Crippen LogP contribution in [0, 0.1) is 11.3 Å². The first kappa shape index (κ1) is 17.9. The van der Waals surface area contributed by atoms with Crippen molar-refractivity contribution in [3.05, 3.63) is 109 Å². The zero-order valence-corrected chi connectivity index (χ0v) is 13.2. The van der Waals surface area contributed by atoms with Gasteiger partial charge in [0.15, 0.2) is 0 Å². The summed E-state index contributed by atoms with van der Waals surface area (Å²) in [5.41, 5.74) is 3.47. The Hall–Kier alpha value is -3.11. The standard InChI is InChI=1S/C11H9N.C11H12/c12-10-6-2-5-9-11-7-3-1-4-8-11;1-3-7-10(2)11-8-5-4-6-9-11/h1-9H;3-6,8-9H,1-2,7H2. The van der Waals surface area contributed by atoms with Crippen LogP contribution in [0.2, 0.25) is 0 Å². The van der Waals surface area contributed by atoms with Crippen molar-refractivity contribution in [2.24, 2.45) is 0 Å². The Balaban J connectivity index is 0.000000231. The second-order valence-corrected chi connectivity index (χ2v) is 4.72. The maximum absolute atomic E-state index is 8.19. The van der Waals surface area contributed by atoms with E-state index < -0.39 is 0 Å². The maximum atomic E-state index is 8.19. The fourth-order valence-corrected chi connectivity index (χ4v) is 1.80. The van der Waals surface area contributed by atoms with Gasteiger partial charge in [-0.2, -0.15) is 5.26 Å². The van der Waals surface area contributed by atoms with Gasteiger partial charge in [0.2, 0.25) is 0 Å². The molecule has 0 aliphatic heterocycles. The summed E-state index contributed by atoms with van der Waals surface area (Å²) in [6, 6.07) is 22.0. The number of allylic oxidation sites excluding steroid dienone is 5. The van der Waals surface area contributed by atoms with E-state index in [1.807, 2.05) is 72.8 Å². The van der Waals surface area contributed by atoms with Gasteiger partial charge in [-0.1, -0.05) is 91.5 Å². The normalized spacial score (nSPS) is 9.87. The van der Waals surface area contributed by atoms with Crippen molar-refractivity contribution in [1.29, 1.82) is 5.26 Å². The fourth-order valence-electron chi connectivity index (χ4n) is 1.80. The van der Waals surface area contributed by atoms with Gasteiger partial charge in [-0.25, -0.2) is 0 Å². The predicted molar refractivity (Wildman–Crippen MR) is 101 cm³/mol. The highest BCUT2D eigenvalue weighted by Gasteiger charge is 1.92. The number of hydrogen-bond acceptors (Lipinski definition) is 1. The van der Waals surface area contributed by atoms with Gasteiger partial charge in [0.25, 0.3) is 0 Å². The largest absolute Gasteiger partial charge is 0.193 e. The van der Waals surface area contributed by atoms with Crippen molar-refractivity contribution in [3.8, 4) is 6.07 Å². The highest BCUT2D eigenvalue weighted by molar-refractivity contribution is 5.64. The topological polar surface area (TPSA) is 23.8 Å². The van der Waals surface area contributed by atoms with Gasteiger partial charge >= 0.3 is 0 Å². The van der Waals surface area contributed by atoms with Crippen LogP contribution in [0.1, 0.15) is 17.5 Å². The van der Waals surface area contributed by atoms with Crippen LogP contribution in [-0.2, 0) is 0 Å². The van der Waals surface area contributed by atoms with Crippen molar-refractivity contribution in [1.82, 2.24) is 0 Å². The Morgan fingerprint density at radius 3 is 2.13 bits per heavy atom. The summed E-state index contributed by atoms with van der Waals surface area (Å²) in [5.74, 6) is 0. The summed E-state index contributed by atoms with van der Waals surface area (Å²) < 4.78 is 0. The van der Waals surface area contributed by atoms with Crippen molar-refractivity contribution in [2.75, 3.05) is 0 Å². The Labute approximate surface area is 139 Å². The zero-order chi connectivity index (χ0) is 16.8. The summed E-state index contributed by atoms with van der Waals surface area (Å²) >= 11 is 0. The molecule has 0 saturated heterocycles. The minimum absolute atomic E-state index is 0.865. The lowest BCUT2D eigenvalue weighted by Crippen LogP contribution is -1.78. The maximum Gasteiger partial charge on any atom is 0.0912 e. The molecular formula is C22H21N. The van der Waals surface area contributed by atoms with Crippen LogP contribution in [-0.4, -0.2) is 0 Å². The molecule has 0 fully saturated rings. The van der Waals surface area contributed by atoms with Crippen molar-refractivity contribution in [3.63, 3.8) is 0 Å². The number of rotatable bonds is 5. The quantitative estimate of drug-likeness (QED) is 0.374. The highest BCUT2D eigenvalue weighted by Crippen LogP contribution is 2.14. The minimum Gasteiger partial charge on any atom is -0.193 e. The number of nitriles is 1. The molecule has 114 valence electrons. The fraction of sp³-hybridized carbons (Fsp3) is 0.0455. The van der Waals surface area contributed by atoms with Crippen LogP contribution >= 0.6 is 0 Å². The summed E-state index contributed by atoms with van der Waals surface area (Å²) in [6.07, 6.45) is 9.69. The number of benzene rings is 2. The molecule has 0 amide bonds. The van der Waals surface area contributed by atoms with Crippen LogP contribution in [0.25, 0.3) is 11.6 Å². The molecule has 1 nitrogen and oxygen atoms in total. The molecule has 2 rings (SSSR count). The van der Waals surface area contributed by atoms with E-state index in [9.17, 15) is 0 Å². The molecule has 0 N–H and O–H groups in total. The molecule has 0 radical (unpaired) electrons. The third-order valence-corrected chi connectivity index (χ3v) is 2.94. The molecule has 0 aliphatic carbocycles. The molecule has 0 saturated carbocycles. The Bertz CT molecular complexity index is 686. The Morgan fingerprint density at radius 2 is 1.57 bits per heavy atom. The highest BCUT2D eigenvalue weighted by atomic mass is 14.2. The van der Waals surface area contributed by atoms with E-state index in [4.69, 9.17) is 5.26 Å². The zero-order valence-electron chi connectivity index (χ0n) is 13.2. The molecule has 0 aromatic heterocycles. The van der Waals surface area contributed by atoms with E-state index >= 15 is 0 Å². The summed E-state index contributed by atoms with van der Waals surface area (Å²) in [7, 11) is 0. The van der Waals surface area contributed by atoms with Crippen molar-refractivity contribution >= 4 is 11.6 Å². The van der Waals surface area contributed by atoms with Gasteiger partial charge in [-0.05, 0) is 23.1 Å². The van der Waals surface area contributed by atoms with Crippen LogP contribution in [0.15, 0.2) is 98.1 Å². The van der Waals surface area contributed by atoms with Crippen molar-refractivity contribution in [2.45, 2.75) is 6.42 Å². The molecule has 2 aromatic rings. The van der Waals surface area contributed by atoms with E-state index in [1.165, 1.54) is 11.6 Å². The monoisotopic (exact) mass is 299 g/mol. The number of hydrogen-bond donors (Lipinski definition) is 0. The molecule has 0 heterocycles. The smallest absolute Gasteiger partial charge is 0.0912 e. The van der Waals surface area contributed by atoms with Gasteiger partial charge in [0.05, 0.1) is 6.07 Å². The molecule has 0 atom stereocenters. The second kappa shape index (κ2) is 11.5. The Morgan fingerprint density at radius 1 is 0.957 bits per heavy atom. The molecular weight excluding hydrogens is 278 g/mol. The first-order valence-corrected chi connectivity index (χ1v) is 7.40. The van der Waals surface area contributed by atoms with Gasteiger partial charge in [0.1, 0.15) is 0 Å². The average Bonchev–Trinajstić information content (AvgIpc) is 2.61. The van der Waals surface area contributed by atoms with Gasteiger partial charge < -0.3 is 0 Å². The lowest BCUT2D eigenvalue weighted by atomic mass is 10.1. The average molecular weight is 299 g/mol. The third-order valence-electron chi connectivity index (χ3n) is 2.94. The van der Waals surface area contributed by atoms with E-state index in [0.29, 0.717) is 0 Å². The first-order chi connectivity index (χ1) is 11.3. The van der Waals surface area contributed by atoms with Crippen LogP contribution < -0.4 is 0 Å². The minimum atomic E-state index is 0.865. The molecule has 0 bridgehead atoms. The molecule has 0 spiro atoms.